The van der Waals surface area contributed by atoms with Gasteiger partial charge in [0.2, 0.25) is 0 Å². The summed E-state index contributed by atoms with van der Waals surface area (Å²) in [6, 6.07) is 0.391. The van der Waals surface area contributed by atoms with Crippen molar-refractivity contribution >= 4 is 11.6 Å². The zero-order valence-corrected chi connectivity index (χ0v) is 4.99. The maximum Gasteiger partial charge on any atom is 0.0351 e. The van der Waals surface area contributed by atoms with Gasteiger partial charge < -0.3 is 5.73 Å². The monoisotopic (exact) mass is 119 g/mol. The molecule has 2 N–H and O–H groups in total. The molecule has 0 aromatic rings. The summed E-state index contributed by atoms with van der Waals surface area (Å²) in [6.07, 6.45) is 3.25. The van der Waals surface area contributed by atoms with Crippen LogP contribution in [-0.4, -0.2) is 11.4 Å². The molecule has 7 heavy (non-hydrogen) atoms. The molecule has 1 saturated carbocycles. The summed E-state index contributed by atoms with van der Waals surface area (Å²) >= 11 is 5.73. The summed E-state index contributed by atoms with van der Waals surface area (Å²) in [4.78, 5) is 0. The SMILES string of the molecule is NC1CCC(Cl)C1. The molecule has 1 rings (SSSR count). The van der Waals surface area contributed by atoms with Crippen molar-refractivity contribution in [3.05, 3.63) is 0 Å². The van der Waals surface area contributed by atoms with E-state index < -0.39 is 0 Å². The van der Waals surface area contributed by atoms with E-state index in [2.05, 4.69) is 0 Å². The number of nitrogens with two attached hydrogens (primary N) is 1. The number of alkyl halides is 1. The van der Waals surface area contributed by atoms with Gasteiger partial charge in [0.05, 0.1) is 0 Å². The van der Waals surface area contributed by atoms with E-state index in [0.29, 0.717) is 11.4 Å². The zero-order valence-electron chi connectivity index (χ0n) is 4.23. The fourth-order valence-corrected chi connectivity index (χ4v) is 1.31. The molecule has 0 bridgehead atoms. The Morgan fingerprint density at radius 2 is 2.14 bits per heavy atom. The van der Waals surface area contributed by atoms with Gasteiger partial charge in [-0.1, -0.05) is 0 Å². The van der Waals surface area contributed by atoms with Crippen LogP contribution >= 0.6 is 11.6 Å². The van der Waals surface area contributed by atoms with Crippen molar-refractivity contribution in [3.8, 4) is 0 Å². The standard InChI is InChI=1S/C5H10ClN/c6-4-1-2-5(7)3-4/h4-5H,1-3,7H2. The predicted molar refractivity (Wildman–Crippen MR) is 31.5 cm³/mol. The highest BCUT2D eigenvalue weighted by atomic mass is 35.5. The van der Waals surface area contributed by atoms with Gasteiger partial charge in [0.25, 0.3) is 0 Å². The molecule has 2 unspecified atom stereocenters. The molecular formula is C5H10ClN. The smallest absolute Gasteiger partial charge is 0.0351 e. The summed E-state index contributed by atoms with van der Waals surface area (Å²) in [6.45, 7) is 0. The predicted octanol–water partition coefficient (Wildman–Crippen LogP) is 1.10. The van der Waals surface area contributed by atoms with Crippen LogP contribution in [0.4, 0.5) is 0 Å². The summed E-state index contributed by atoms with van der Waals surface area (Å²) in [5.41, 5.74) is 5.54. The summed E-state index contributed by atoms with van der Waals surface area (Å²) < 4.78 is 0. The van der Waals surface area contributed by atoms with E-state index >= 15 is 0 Å². The van der Waals surface area contributed by atoms with Crippen molar-refractivity contribution in [2.45, 2.75) is 30.7 Å². The lowest BCUT2D eigenvalue weighted by molar-refractivity contribution is 0.705. The molecule has 1 nitrogen and oxygen atoms in total. The highest BCUT2D eigenvalue weighted by Crippen LogP contribution is 2.21. The second-order valence-corrected chi connectivity index (χ2v) is 2.79. The quantitative estimate of drug-likeness (QED) is 0.475. The lowest BCUT2D eigenvalue weighted by atomic mass is 10.3. The average molecular weight is 120 g/mol. The molecular weight excluding hydrogens is 110 g/mol. The van der Waals surface area contributed by atoms with Crippen molar-refractivity contribution in [2.75, 3.05) is 0 Å². The molecule has 0 aliphatic heterocycles. The fourth-order valence-electron chi connectivity index (χ4n) is 0.959. The average Bonchev–Trinajstić information content (AvgIpc) is 1.87. The van der Waals surface area contributed by atoms with Crippen LogP contribution in [0.25, 0.3) is 0 Å². The molecule has 2 atom stereocenters. The van der Waals surface area contributed by atoms with E-state index in [0.717, 1.165) is 19.3 Å². The summed E-state index contributed by atoms with van der Waals surface area (Å²) in [5.74, 6) is 0. The summed E-state index contributed by atoms with van der Waals surface area (Å²) in [7, 11) is 0. The minimum atomic E-state index is 0.370. The normalized spacial score (nSPS) is 42.0. The minimum Gasteiger partial charge on any atom is -0.328 e. The lowest BCUT2D eigenvalue weighted by Crippen LogP contribution is -2.14. The molecule has 1 aliphatic carbocycles. The van der Waals surface area contributed by atoms with Crippen LogP contribution in [0, 0.1) is 0 Å². The molecule has 0 radical (unpaired) electrons. The van der Waals surface area contributed by atoms with Gasteiger partial charge in [-0.15, -0.1) is 11.6 Å². The Bertz CT molecular complexity index is 57.1. The van der Waals surface area contributed by atoms with Gasteiger partial charge in [0, 0.05) is 11.4 Å². The first kappa shape index (κ1) is 5.39. The Morgan fingerprint density at radius 3 is 2.29 bits per heavy atom. The molecule has 0 saturated heterocycles. The van der Waals surface area contributed by atoms with E-state index in [4.69, 9.17) is 17.3 Å². The molecule has 0 spiro atoms. The van der Waals surface area contributed by atoms with Crippen molar-refractivity contribution in [3.63, 3.8) is 0 Å². The largest absolute Gasteiger partial charge is 0.328 e. The molecule has 0 aromatic heterocycles. The van der Waals surface area contributed by atoms with E-state index in [1.807, 2.05) is 0 Å². The highest BCUT2D eigenvalue weighted by Gasteiger charge is 2.18. The molecule has 0 heterocycles. The fraction of sp³-hybridized carbons (Fsp3) is 1.00. The molecule has 42 valence electrons. The van der Waals surface area contributed by atoms with Gasteiger partial charge in [0.15, 0.2) is 0 Å². The molecule has 0 aromatic carbocycles. The van der Waals surface area contributed by atoms with E-state index in [-0.39, 0.29) is 0 Å². The third-order valence-electron chi connectivity index (χ3n) is 1.41. The van der Waals surface area contributed by atoms with Crippen LogP contribution < -0.4 is 5.73 Å². The Balaban J connectivity index is 2.26. The number of hydrogen-bond donors (Lipinski definition) is 1. The van der Waals surface area contributed by atoms with Crippen molar-refractivity contribution in [1.82, 2.24) is 0 Å². The van der Waals surface area contributed by atoms with Gasteiger partial charge in [-0.3, -0.25) is 0 Å². The van der Waals surface area contributed by atoms with Gasteiger partial charge in [-0.05, 0) is 19.3 Å². The summed E-state index contributed by atoms with van der Waals surface area (Å²) in [5, 5.41) is 0.370. The maximum atomic E-state index is 5.73. The van der Waals surface area contributed by atoms with Crippen molar-refractivity contribution in [2.24, 2.45) is 5.73 Å². The third-order valence-corrected chi connectivity index (χ3v) is 1.81. The van der Waals surface area contributed by atoms with Crippen LogP contribution in [0.3, 0.4) is 0 Å². The highest BCUT2D eigenvalue weighted by molar-refractivity contribution is 6.20. The van der Waals surface area contributed by atoms with E-state index in [1.165, 1.54) is 0 Å². The first-order chi connectivity index (χ1) is 3.29. The number of rotatable bonds is 0. The molecule has 1 fully saturated rings. The van der Waals surface area contributed by atoms with Gasteiger partial charge >= 0.3 is 0 Å². The maximum absolute atomic E-state index is 5.73. The van der Waals surface area contributed by atoms with Gasteiger partial charge in [0.1, 0.15) is 0 Å². The molecule has 2 heteroatoms. The van der Waals surface area contributed by atoms with Crippen LogP contribution in [0.15, 0.2) is 0 Å². The van der Waals surface area contributed by atoms with Crippen LogP contribution in [0.1, 0.15) is 19.3 Å². The first-order valence-corrected chi connectivity index (χ1v) is 3.12. The van der Waals surface area contributed by atoms with Crippen molar-refractivity contribution < 1.29 is 0 Å². The molecule has 1 aliphatic rings. The van der Waals surface area contributed by atoms with Gasteiger partial charge in [-0.2, -0.15) is 0 Å². The van der Waals surface area contributed by atoms with Crippen LogP contribution in [0.5, 0.6) is 0 Å². The Kier molecular flexibility index (Phi) is 1.55. The van der Waals surface area contributed by atoms with Gasteiger partial charge in [-0.25, -0.2) is 0 Å². The minimum absolute atomic E-state index is 0.370. The second-order valence-electron chi connectivity index (χ2n) is 2.17. The Labute approximate surface area is 48.8 Å². The lowest BCUT2D eigenvalue weighted by Gasteiger charge is -1.95. The topological polar surface area (TPSA) is 26.0 Å². The zero-order chi connectivity index (χ0) is 5.28. The van der Waals surface area contributed by atoms with Crippen LogP contribution in [-0.2, 0) is 0 Å². The van der Waals surface area contributed by atoms with E-state index in [9.17, 15) is 0 Å². The Hall–Kier alpha value is 0.250. The van der Waals surface area contributed by atoms with Crippen molar-refractivity contribution in [1.29, 1.82) is 0 Å². The molecule has 0 amide bonds. The Morgan fingerprint density at radius 1 is 1.43 bits per heavy atom. The first-order valence-electron chi connectivity index (χ1n) is 2.68. The number of halogens is 1. The number of hydrogen-bond acceptors (Lipinski definition) is 1. The third kappa shape index (κ3) is 1.32. The van der Waals surface area contributed by atoms with Crippen LogP contribution in [0.2, 0.25) is 0 Å². The second kappa shape index (κ2) is 2.01. The van der Waals surface area contributed by atoms with E-state index in [1.54, 1.807) is 0 Å².